The highest BCUT2D eigenvalue weighted by Crippen LogP contribution is 2.34. The summed E-state index contributed by atoms with van der Waals surface area (Å²) < 4.78 is 59.8. The number of tetrazole rings is 1. The first-order valence-corrected chi connectivity index (χ1v) is 12.6. The smallest absolute Gasteiger partial charge is 0.433 e. The summed E-state index contributed by atoms with van der Waals surface area (Å²) in [6, 6.07) is 9.25. The van der Waals surface area contributed by atoms with Crippen LogP contribution in [-0.4, -0.2) is 44.8 Å². The average molecular weight is 597 g/mol. The number of rotatable bonds is 7. The van der Waals surface area contributed by atoms with Crippen LogP contribution < -0.4 is 4.73 Å². The number of pyridine rings is 2. The maximum Gasteiger partial charge on any atom is 0.433 e. The Bertz CT molecular complexity index is 1860. The molecule has 0 saturated carbocycles. The topological polar surface area (TPSA) is 119 Å². The van der Waals surface area contributed by atoms with E-state index in [9.17, 15) is 18.4 Å². The Hall–Kier alpha value is -5.18. The fourth-order valence-corrected chi connectivity index (χ4v) is 4.65. The van der Waals surface area contributed by atoms with Crippen molar-refractivity contribution < 1.29 is 22.3 Å². The van der Waals surface area contributed by atoms with Crippen molar-refractivity contribution in [3.63, 3.8) is 0 Å². The third kappa shape index (κ3) is 5.16. The van der Waals surface area contributed by atoms with Crippen LogP contribution in [0, 0.1) is 11.0 Å². The number of halogens is 5. The number of nitrogens with zero attached hydrogens (tertiary/aromatic N) is 10. The summed E-state index contributed by atoms with van der Waals surface area (Å²) in [4.78, 5) is 3.40. The summed E-state index contributed by atoms with van der Waals surface area (Å²) in [5, 5.41) is 32.9. The quantitative estimate of drug-likeness (QED) is 0.151. The van der Waals surface area contributed by atoms with E-state index in [0.29, 0.717) is 10.3 Å². The second kappa shape index (κ2) is 10.7. The molecule has 6 aromatic rings. The lowest BCUT2D eigenvalue weighted by Gasteiger charge is -2.18. The van der Waals surface area contributed by atoms with E-state index < -0.39 is 23.7 Å². The number of alkyl halides is 3. The number of hydrogen-bond acceptors (Lipinski definition) is 7. The standard InChI is InChI=1S/C26H17ClF4N10O/c27-19-3-5-21(40-15-33-36-37-40)24(25(19)28)17-2-4-20(41(42)13-17)22(14-38-9-1-7-34-38)39-12-18(11-35-39)16-6-8-32-23(10-16)26(29,30)31/h1-13,15,22H,14H2/t22-/m1/s1. The van der Waals surface area contributed by atoms with Crippen LogP contribution in [0.3, 0.4) is 0 Å². The molecule has 6 rings (SSSR count). The predicted octanol–water partition coefficient (Wildman–Crippen LogP) is 4.52. The van der Waals surface area contributed by atoms with E-state index in [1.807, 2.05) is 0 Å². The predicted molar refractivity (Wildman–Crippen MR) is 139 cm³/mol. The second-order valence-corrected chi connectivity index (χ2v) is 9.47. The molecule has 5 heterocycles. The van der Waals surface area contributed by atoms with Gasteiger partial charge in [-0.25, -0.2) is 4.39 Å². The largest absolute Gasteiger partial charge is 0.618 e. The molecule has 0 radical (unpaired) electrons. The number of aromatic nitrogens is 10. The van der Waals surface area contributed by atoms with E-state index in [0.717, 1.165) is 12.3 Å². The molecule has 1 atom stereocenters. The van der Waals surface area contributed by atoms with Gasteiger partial charge in [-0.1, -0.05) is 11.6 Å². The summed E-state index contributed by atoms with van der Waals surface area (Å²) in [5.74, 6) is -0.766. The van der Waals surface area contributed by atoms with Crippen molar-refractivity contribution in [3.8, 4) is 27.9 Å². The van der Waals surface area contributed by atoms with Crippen molar-refractivity contribution in [3.05, 3.63) is 113 Å². The molecule has 0 aliphatic heterocycles. The van der Waals surface area contributed by atoms with E-state index in [-0.39, 0.29) is 39.6 Å². The van der Waals surface area contributed by atoms with Gasteiger partial charge in [-0.3, -0.25) is 14.3 Å². The highest BCUT2D eigenvalue weighted by atomic mass is 35.5. The number of benzene rings is 1. The van der Waals surface area contributed by atoms with Crippen molar-refractivity contribution >= 4 is 11.6 Å². The van der Waals surface area contributed by atoms with Gasteiger partial charge in [0.25, 0.3) is 0 Å². The summed E-state index contributed by atoms with van der Waals surface area (Å²) >= 11 is 6.06. The normalized spacial score (nSPS) is 12.5. The molecule has 0 aliphatic rings. The fourth-order valence-electron chi connectivity index (χ4n) is 4.50. The van der Waals surface area contributed by atoms with Crippen molar-refractivity contribution in [2.75, 3.05) is 0 Å². The summed E-state index contributed by atoms with van der Waals surface area (Å²) in [7, 11) is 0. The zero-order valence-corrected chi connectivity index (χ0v) is 21.9. The van der Waals surface area contributed by atoms with Gasteiger partial charge >= 0.3 is 6.18 Å². The van der Waals surface area contributed by atoms with Crippen LogP contribution in [0.1, 0.15) is 17.4 Å². The van der Waals surface area contributed by atoms with Gasteiger partial charge in [-0.05, 0) is 52.4 Å². The van der Waals surface area contributed by atoms with Crippen LogP contribution in [0.15, 0.2) is 86.0 Å². The summed E-state index contributed by atoms with van der Waals surface area (Å²) in [6.07, 6.45) is 5.12. The minimum Gasteiger partial charge on any atom is -0.618 e. The molecule has 42 heavy (non-hydrogen) atoms. The van der Waals surface area contributed by atoms with E-state index in [2.05, 4.69) is 30.7 Å². The molecule has 0 saturated heterocycles. The molecule has 0 spiro atoms. The first-order valence-electron chi connectivity index (χ1n) is 12.2. The Morgan fingerprint density at radius 1 is 1.02 bits per heavy atom. The minimum absolute atomic E-state index is 0.00843. The molecule has 0 amide bonds. The molecule has 0 unspecified atom stereocenters. The Labute approximate surface area is 238 Å². The summed E-state index contributed by atoms with van der Waals surface area (Å²) in [5.41, 5.74) is 0.274. The highest BCUT2D eigenvalue weighted by molar-refractivity contribution is 6.31. The lowest BCUT2D eigenvalue weighted by Crippen LogP contribution is -2.37. The molecule has 212 valence electrons. The summed E-state index contributed by atoms with van der Waals surface area (Å²) in [6.45, 7) is 0.154. The zero-order chi connectivity index (χ0) is 29.4. The Morgan fingerprint density at radius 3 is 2.60 bits per heavy atom. The van der Waals surface area contributed by atoms with Gasteiger partial charge in [-0.15, -0.1) is 5.10 Å². The third-order valence-corrected chi connectivity index (χ3v) is 6.76. The highest BCUT2D eigenvalue weighted by Gasteiger charge is 2.33. The van der Waals surface area contributed by atoms with Gasteiger partial charge < -0.3 is 5.21 Å². The second-order valence-electron chi connectivity index (χ2n) is 9.06. The van der Waals surface area contributed by atoms with Crippen LogP contribution in [0.2, 0.25) is 5.02 Å². The molecule has 0 bridgehead atoms. The van der Waals surface area contributed by atoms with Gasteiger partial charge in [-0.2, -0.15) is 32.8 Å². The molecule has 11 nitrogen and oxygen atoms in total. The molecule has 16 heteroatoms. The maximum atomic E-state index is 15.3. The van der Waals surface area contributed by atoms with E-state index >= 15 is 4.39 Å². The van der Waals surface area contributed by atoms with Crippen LogP contribution in [0.4, 0.5) is 17.6 Å². The van der Waals surface area contributed by atoms with Gasteiger partial charge in [0.1, 0.15) is 12.0 Å². The van der Waals surface area contributed by atoms with Crippen molar-refractivity contribution in [1.29, 1.82) is 0 Å². The average Bonchev–Trinajstić information content (AvgIpc) is 3.77. The van der Waals surface area contributed by atoms with Crippen LogP contribution in [0.25, 0.3) is 27.9 Å². The molecule has 5 aromatic heterocycles. The zero-order valence-electron chi connectivity index (χ0n) is 21.1. The van der Waals surface area contributed by atoms with E-state index in [1.54, 1.807) is 29.2 Å². The third-order valence-electron chi connectivity index (χ3n) is 6.47. The van der Waals surface area contributed by atoms with Crippen LogP contribution in [-0.2, 0) is 12.7 Å². The van der Waals surface area contributed by atoms with Crippen molar-refractivity contribution in [2.45, 2.75) is 18.8 Å². The van der Waals surface area contributed by atoms with Crippen molar-refractivity contribution in [2.24, 2.45) is 0 Å². The minimum atomic E-state index is -4.61. The monoisotopic (exact) mass is 596 g/mol. The maximum absolute atomic E-state index is 15.3. The van der Waals surface area contributed by atoms with Crippen molar-refractivity contribution in [1.82, 2.24) is 44.8 Å². The van der Waals surface area contributed by atoms with Crippen LogP contribution >= 0.6 is 11.6 Å². The van der Waals surface area contributed by atoms with Gasteiger partial charge in [0.2, 0.25) is 5.69 Å². The van der Waals surface area contributed by atoms with E-state index in [1.165, 1.54) is 58.5 Å². The van der Waals surface area contributed by atoms with Gasteiger partial charge in [0.15, 0.2) is 18.1 Å². The lowest BCUT2D eigenvalue weighted by molar-refractivity contribution is -0.615. The fraction of sp³-hybridized carbons (Fsp3) is 0.115. The molecule has 0 N–H and O–H groups in total. The molecule has 1 aromatic carbocycles. The van der Waals surface area contributed by atoms with E-state index in [4.69, 9.17) is 11.6 Å². The molecular formula is C26H17ClF4N10O. The van der Waals surface area contributed by atoms with Gasteiger partial charge in [0.05, 0.1) is 34.6 Å². The first-order chi connectivity index (χ1) is 20.2. The number of hydrogen-bond donors (Lipinski definition) is 0. The SMILES string of the molecule is [O-][n+]1cc(-c2c(-n3cnnn3)ccc(Cl)c2F)ccc1[C@@H](Cn1cccn1)n1cc(-c2ccnc(C(F)(F)F)c2)cn1. The molecule has 0 aliphatic carbocycles. The Kier molecular flexibility index (Phi) is 6.86. The lowest BCUT2D eigenvalue weighted by atomic mass is 10.0. The Morgan fingerprint density at radius 2 is 1.88 bits per heavy atom. The molecule has 0 fully saturated rings. The molecular weight excluding hydrogens is 580 g/mol. The van der Waals surface area contributed by atoms with Gasteiger partial charge in [0, 0.05) is 36.4 Å². The van der Waals surface area contributed by atoms with Crippen LogP contribution in [0.5, 0.6) is 0 Å². The Balaban J connectivity index is 1.41. The first kappa shape index (κ1) is 27.0.